The van der Waals surface area contributed by atoms with E-state index in [0.717, 1.165) is 10.9 Å². The van der Waals surface area contributed by atoms with Gasteiger partial charge in [-0.15, -0.1) is 0 Å². The lowest BCUT2D eigenvalue weighted by molar-refractivity contribution is -0.132. The Kier molecular flexibility index (Phi) is 5.64. The van der Waals surface area contributed by atoms with Gasteiger partial charge in [0.2, 0.25) is 5.91 Å². The number of aryl methyl sites for hydroxylation is 1. The summed E-state index contributed by atoms with van der Waals surface area (Å²) >= 11 is 1.60. The van der Waals surface area contributed by atoms with Gasteiger partial charge in [0.25, 0.3) is 0 Å². The Labute approximate surface area is 142 Å². The van der Waals surface area contributed by atoms with E-state index < -0.39 is 0 Å². The van der Waals surface area contributed by atoms with Crippen molar-refractivity contribution >= 4 is 17.7 Å². The molecule has 1 aliphatic heterocycles. The van der Waals surface area contributed by atoms with Gasteiger partial charge in [0.1, 0.15) is 0 Å². The molecule has 2 heterocycles. The molecule has 0 atom stereocenters. The molecule has 0 radical (unpaired) electrons. The summed E-state index contributed by atoms with van der Waals surface area (Å²) in [5.41, 5.74) is 2.36. The Morgan fingerprint density at radius 1 is 1.22 bits per heavy atom. The molecule has 1 aliphatic carbocycles. The van der Waals surface area contributed by atoms with Gasteiger partial charge in [-0.3, -0.25) is 4.79 Å². The average molecular weight is 337 g/mol. The molecule has 0 bridgehead atoms. The predicted molar refractivity (Wildman–Crippen MR) is 91.9 cm³/mol. The lowest BCUT2D eigenvalue weighted by atomic mass is 9.95. The van der Waals surface area contributed by atoms with Crippen LogP contribution in [0.15, 0.2) is 5.16 Å². The number of hydrogen-bond donors (Lipinski definition) is 0. The molecule has 1 aromatic rings. The number of hydrogen-bond acceptors (Lipinski definition) is 4. The van der Waals surface area contributed by atoms with Crippen molar-refractivity contribution in [1.29, 1.82) is 0 Å². The van der Waals surface area contributed by atoms with Crippen molar-refractivity contribution in [2.75, 3.05) is 32.1 Å². The third-order valence-corrected chi connectivity index (χ3v) is 5.92. The molecule has 0 spiro atoms. The second-order valence-corrected chi connectivity index (χ2v) is 7.45. The number of aromatic nitrogens is 2. The first-order valence-corrected chi connectivity index (χ1v) is 9.69. The standard InChI is InChI=1S/C17H27N3O2S/c1-13-14(2)20(15-6-4-3-5-7-15)17(18-13)23-12-16(21)19-8-10-22-11-9-19/h15H,3-12H2,1-2H3. The van der Waals surface area contributed by atoms with Gasteiger partial charge >= 0.3 is 0 Å². The molecule has 1 aromatic heterocycles. The van der Waals surface area contributed by atoms with Crippen molar-refractivity contribution in [3.8, 4) is 0 Å². The first kappa shape index (κ1) is 16.8. The second kappa shape index (κ2) is 7.71. The van der Waals surface area contributed by atoms with Crippen LogP contribution in [-0.2, 0) is 9.53 Å². The van der Waals surface area contributed by atoms with Crippen LogP contribution in [0.2, 0.25) is 0 Å². The second-order valence-electron chi connectivity index (χ2n) is 6.51. The van der Waals surface area contributed by atoms with E-state index in [1.165, 1.54) is 37.8 Å². The summed E-state index contributed by atoms with van der Waals surface area (Å²) in [6, 6.07) is 0.561. The Morgan fingerprint density at radius 2 is 1.91 bits per heavy atom. The number of rotatable bonds is 4. The number of imidazole rings is 1. The van der Waals surface area contributed by atoms with E-state index in [-0.39, 0.29) is 5.91 Å². The summed E-state index contributed by atoms with van der Waals surface area (Å²) in [5.74, 6) is 0.676. The third kappa shape index (κ3) is 3.91. The molecule has 23 heavy (non-hydrogen) atoms. The van der Waals surface area contributed by atoms with Crippen LogP contribution in [0.1, 0.15) is 49.5 Å². The summed E-state index contributed by atoms with van der Waals surface area (Å²) in [6.07, 6.45) is 6.43. The van der Waals surface area contributed by atoms with Crippen molar-refractivity contribution in [2.24, 2.45) is 0 Å². The Morgan fingerprint density at radius 3 is 2.61 bits per heavy atom. The molecule has 0 aromatic carbocycles. The Balaban J connectivity index is 1.67. The van der Waals surface area contributed by atoms with Crippen molar-refractivity contribution in [2.45, 2.75) is 57.1 Å². The minimum atomic E-state index is 0.201. The number of ether oxygens (including phenoxy) is 1. The van der Waals surface area contributed by atoms with Crippen LogP contribution in [-0.4, -0.2) is 52.4 Å². The highest BCUT2D eigenvalue weighted by Crippen LogP contribution is 2.34. The Hall–Kier alpha value is -1.01. The fraction of sp³-hybridized carbons (Fsp3) is 0.765. The van der Waals surface area contributed by atoms with Crippen LogP contribution in [0.5, 0.6) is 0 Å². The predicted octanol–water partition coefficient (Wildman–Crippen LogP) is 2.96. The average Bonchev–Trinajstić information content (AvgIpc) is 2.88. The molecule has 2 fully saturated rings. The van der Waals surface area contributed by atoms with E-state index in [4.69, 9.17) is 9.72 Å². The largest absolute Gasteiger partial charge is 0.378 e. The van der Waals surface area contributed by atoms with Gasteiger partial charge < -0.3 is 14.2 Å². The monoisotopic (exact) mass is 337 g/mol. The molecule has 2 aliphatic rings. The summed E-state index contributed by atoms with van der Waals surface area (Å²) in [5, 5.41) is 1.02. The van der Waals surface area contributed by atoms with E-state index in [1.807, 2.05) is 4.90 Å². The van der Waals surface area contributed by atoms with Crippen LogP contribution in [0.3, 0.4) is 0 Å². The highest BCUT2D eigenvalue weighted by atomic mass is 32.2. The summed E-state index contributed by atoms with van der Waals surface area (Å²) in [6.45, 7) is 6.98. The lowest BCUT2D eigenvalue weighted by Crippen LogP contribution is -2.41. The van der Waals surface area contributed by atoms with Gasteiger partial charge in [-0.25, -0.2) is 4.98 Å². The maximum atomic E-state index is 12.4. The molecule has 1 amide bonds. The van der Waals surface area contributed by atoms with Crippen molar-refractivity contribution in [3.05, 3.63) is 11.4 Å². The van der Waals surface area contributed by atoms with Crippen LogP contribution >= 0.6 is 11.8 Å². The van der Waals surface area contributed by atoms with Gasteiger partial charge in [0.15, 0.2) is 5.16 Å². The fourth-order valence-electron chi connectivity index (χ4n) is 3.50. The molecule has 0 N–H and O–H groups in total. The van der Waals surface area contributed by atoms with Gasteiger partial charge in [-0.05, 0) is 26.7 Å². The SMILES string of the molecule is Cc1nc(SCC(=O)N2CCOCC2)n(C2CCCCC2)c1C. The zero-order valence-electron chi connectivity index (χ0n) is 14.2. The minimum absolute atomic E-state index is 0.201. The van der Waals surface area contributed by atoms with Crippen LogP contribution < -0.4 is 0 Å². The van der Waals surface area contributed by atoms with Gasteiger partial charge in [0, 0.05) is 24.8 Å². The molecule has 128 valence electrons. The maximum Gasteiger partial charge on any atom is 0.233 e. The van der Waals surface area contributed by atoms with E-state index >= 15 is 0 Å². The molecule has 3 rings (SSSR count). The summed E-state index contributed by atoms with van der Waals surface area (Å²) in [7, 11) is 0. The van der Waals surface area contributed by atoms with Gasteiger partial charge in [-0.1, -0.05) is 31.0 Å². The number of thioether (sulfide) groups is 1. The topological polar surface area (TPSA) is 47.4 Å². The van der Waals surface area contributed by atoms with Crippen molar-refractivity contribution < 1.29 is 9.53 Å². The number of carbonyl (C=O) groups excluding carboxylic acids is 1. The normalized spacial score (nSPS) is 20.0. The molecular formula is C17H27N3O2S. The van der Waals surface area contributed by atoms with Gasteiger partial charge in [0.05, 0.1) is 24.7 Å². The van der Waals surface area contributed by atoms with E-state index in [9.17, 15) is 4.79 Å². The van der Waals surface area contributed by atoms with E-state index in [0.29, 0.717) is 38.1 Å². The number of carbonyl (C=O) groups is 1. The Bertz CT molecular complexity index is 546. The van der Waals surface area contributed by atoms with Gasteiger partial charge in [-0.2, -0.15) is 0 Å². The van der Waals surface area contributed by atoms with Crippen molar-refractivity contribution in [1.82, 2.24) is 14.5 Å². The smallest absolute Gasteiger partial charge is 0.233 e. The van der Waals surface area contributed by atoms with Crippen molar-refractivity contribution in [3.63, 3.8) is 0 Å². The quantitative estimate of drug-likeness (QED) is 0.793. The van der Waals surface area contributed by atoms with Crippen LogP contribution in [0.25, 0.3) is 0 Å². The molecular weight excluding hydrogens is 310 g/mol. The van der Waals surface area contributed by atoms with Crippen LogP contribution in [0, 0.1) is 13.8 Å². The molecule has 1 saturated carbocycles. The van der Waals surface area contributed by atoms with E-state index in [2.05, 4.69) is 18.4 Å². The highest BCUT2D eigenvalue weighted by molar-refractivity contribution is 7.99. The van der Waals surface area contributed by atoms with E-state index in [1.54, 1.807) is 11.8 Å². The molecule has 6 heteroatoms. The fourth-order valence-corrected chi connectivity index (χ4v) is 4.56. The van der Waals surface area contributed by atoms with Crippen LogP contribution in [0.4, 0.5) is 0 Å². The molecule has 0 unspecified atom stereocenters. The molecule has 5 nitrogen and oxygen atoms in total. The third-order valence-electron chi connectivity index (χ3n) is 4.98. The summed E-state index contributed by atoms with van der Waals surface area (Å²) < 4.78 is 7.71. The minimum Gasteiger partial charge on any atom is -0.378 e. The zero-order chi connectivity index (χ0) is 16.2. The highest BCUT2D eigenvalue weighted by Gasteiger charge is 2.23. The first-order chi connectivity index (χ1) is 11.2. The summed E-state index contributed by atoms with van der Waals surface area (Å²) in [4.78, 5) is 19.0. The lowest BCUT2D eigenvalue weighted by Gasteiger charge is -2.27. The molecule has 1 saturated heterocycles. The maximum absolute atomic E-state index is 12.4. The first-order valence-electron chi connectivity index (χ1n) is 8.70. The zero-order valence-corrected chi connectivity index (χ0v) is 15.0. The number of nitrogens with zero attached hydrogens (tertiary/aromatic N) is 3. The number of morpholine rings is 1. The number of amides is 1.